The number of nitrogens with zero attached hydrogens (tertiary/aromatic N) is 1. The Hall–Kier alpha value is -1.51. The molecule has 0 aliphatic rings. The van der Waals surface area contributed by atoms with Gasteiger partial charge in [0.05, 0.1) is 17.4 Å². The van der Waals surface area contributed by atoms with Crippen LogP contribution in [0.5, 0.6) is 0 Å². The molecule has 0 saturated carbocycles. The molecule has 0 spiro atoms. The van der Waals surface area contributed by atoms with Gasteiger partial charge in [-0.3, -0.25) is 0 Å². The molecule has 0 fully saturated rings. The molecule has 12 heavy (non-hydrogen) atoms. The van der Waals surface area contributed by atoms with Gasteiger partial charge in [0.25, 0.3) is 0 Å². The second-order valence-electron chi connectivity index (χ2n) is 2.66. The molecule has 0 radical (unpaired) electrons. The molecule has 0 bridgehead atoms. The van der Waals surface area contributed by atoms with Crippen LogP contribution < -0.4 is 5.32 Å². The molecule has 2 N–H and O–H groups in total. The van der Waals surface area contributed by atoms with Crippen molar-refractivity contribution in [2.24, 2.45) is 0 Å². The molecule has 1 aromatic heterocycles. The molecule has 1 aromatic carbocycles. The van der Waals surface area contributed by atoms with Gasteiger partial charge in [-0.1, -0.05) is 0 Å². The molecular formula is C9H11N3. The van der Waals surface area contributed by atoms with E-state index in [1.54, 1.807) is 6.33 Å². The van der Waals surface area contributed by atoms with Crippen LogP contribution >= 0.6 is 0 Å². The number of benzene rings is 1. The lowest BCUT2D eigenvalue weighted by atomic mass is 10.3. The van der Waals surface area contributed by atoms with Gasteiger partial charge in [-0.15, -0.1) is 0 Å². The molecule has 0 amide bonds. The van der Waals surface area contributed by atoms with Crippen molar-refractivity contribution in [3.63, 3.8) is 0 Å². The maximum Gasteiger partial charge on any atom is 0.0931 e. The van der Waals surface area contributed by atoms with E-state index in [1.165, 1.54) is 0 Å². The first kappa shape index (κ1) is 7.16. The van der Waals surface area contributed by atoms with Gasteiger partial charge in [-0.05, 0) is 25.1 Å². The van der Waals surface area contributed by atoms with E-state index in [0.717, 1.165) is 23.3 Å². The quantitative estimate of drug-likeness (QED) is 0.707. The Labute approximate surface area is 70.8 Å². The van der Waals surface area contributed by atoms with Crippen molar-refractivity contribution in [3.8, 4) is 0 Å². The molecule has 0 aliphatic carbocycles. The standard InChI is InChI=1S/C9H11N3/c1-2-10-7-3-4-8-9(5-7)12-6-11-8/h3-6,10H,2H2,1H3,(H,11,12). The van der Waals surface area contributed by atoms with Crippen LogP contribution in [0.1, 0.15) is 6.92 Å². The predicted octanol–water partition coefficient (Wildman–Crippen LogP) is 1.99. The number of aromatic nitrogens is 2. The second-order valence-corrected chi connectivity index (χ2v) is 2.66. The summed E-state index contributed by atoms with van der Waals surface area (Å²) in [4.78, 5) is 7.20. The number of rotatable bonds is 2. The van der Waals surface area contributed by atoms with Crippen LogP contribution in [0.4, 0.5) is 5.69 Å². The Bertz CT molecular complexity index is 378. The van der Waals surface area contributed by atoms with Gasteiger partial charge in [-0.2, -0.15) is 0 Å². The zero-order valence-corrected chi connectivity index (χ0v) is 6.96. The third kappa shape index (κ3) is 1.13. The van der Waals surface area contributed by atoms with Gasteiger partial charge < -0.3 is 10.3 Å². The van der Waals surface area contributed by atoms with Gasteiger partial charge in [0, 0.05) is 12.2 Å². The van der Waals surface area contributed by atoms with E-state index in [0.29, 0.717) is 0 Å². The monoisotopic (exact) mass is 161 g/mol. The zero-order valence-electron chi connectivity index (χ0n) is 6.96. The Balaban J connectivity index is 2.46. The summed E-state index contributed by atoms with van der Waals surface area (Å²) in [6, 6.07) is 6.10. The van der Waals surface area contributed by atoms with Crippen LogP contribution in [0.15, 0.2) is 24.5 Å². The third-order valence-corrected chi connectivity index (χ3v) is 1.80. The van der Waals surface area contributed by atoms with E-state index < -0.39 is 0 Å². The molecule has 62 valence electrons. The Morgan fingerprint density at radius 2 is 2.42 bits per heavy atom. The van der Waals surface area contributed by atoms with Crippen molar-refractivity contribution < 1.29 is 0 Å². The maximum atomic E-state index is 4.14. The Kier molecular flexibility index (Phi) is 1.70. The molecule has 0 saturated heterocycles. The number of hydrogen-bond donors (Lipinski definition) is 2. The Morgan fingerprint density at radius 1 is 1.50 bits per heavy atom. The first-order chi connectivity index (χ1) is 5.90. The summed E-state index contributed by atoms with van der Waals surface area (Å²) in [5, 5.41) is 3.24. The highest BCUT2D eigenvalue weighted by Crippen LogP contribution is 2.14. The molecule has 0 unspecified atom stereocenters. The van der Waals surface area contributed by atoms with E-state index in [1.807, 2.05) is 12.1 Å². The number of aromatic amines is 1. The molecule has 0 atom stereocenters. The third-order valence-electron chi connectivity index (χ3n) is 1.80. The van der Waals surface area contributed by atoms with E-state index in [2.05, 4.69) is 28.3 Å². The summed E-state index contributed by atoms with van der Waals surface area (Å²) in [7, 11) is 0. The number of hydrogen-bond acceptors (Lipinski definition) is 2. The zero-order chi connectivity index (χ0) is 8.39. The van der Waals surface area contributed by atoms with E-state index in [9.17, 15) is 0 Å². The van der Waals surface area contributed by atoms with Crippen molar-refractivity contribution in [1.82, 2.24) is 9.97 Å². The number of anilines is 1. The van der Waals surface area contributed by atoms with Crippen LogP contribution in [0, 0.1) is 0 Å². The van der Waals surface area contributed by atoms with Gasteiger partial charge in [0.15, 0.2) is 0 Å². The van der Waals surface area contributed by atoms with Crippen molar-refractivity contribution in [2.75, 3.05) is 11.9 Å². The van der Waals surface area contributed by atoms with Crippen molar-refractivity contribution >= 4 is 16.7 Å². The number of H-pyrrole nitrogens is 1. The lowest BCUT2D eigenvalue weighted by Gasteiger charge is -2.01. The van der Waals surface area contributed by atoms with Crippen LogP contribution in [0.2, 0.25) is 0 Å². The first-order valence-corrected chi connectivity index (χ1v) is 4.07. The van der Waals surface area contributed by atoms with Crippen LogP contribution in [0.25, 0.3) is 11.0 Å². The van der Waals surface area contributed by atoms with Crippen LogP contribution in [0.3, 0.4) is 0 Å². The first-order valence-electron chi connectivity index (χ1n) is 4.07. The number of nitrogens with one attached hydrogen (secondary N) is 2. The lowest BCUT2D eigenvalue weighted by molar-refractivity contribution is 1.21. The highest BCUT2D eigenvalue weighted by Gasteiger charge is 1.95. The fourth-order valence-corrected chi connectivity index (χ4v) is 1.25. The maximum absolute atomic E-state index is 4.14. The van der Waals surface area contributed by atoms with Crippen LogP contribution in [-0.2, 0) is 0 Å². The van der Waals surface area contributed by atoms with Crippen molar-refractivity contribution in [3.05, 3.63) is 24.5 Å². The molecule has 1 heterocycles. The van der Waals surface area contributed by atoms with E-state index in [4.69, 9.17) is 0 Å². The SMILES string of the molecule is CCNc1ccc2nc[nH]c2c1. The summed E-state index contributed by atoms with van der Waals surface area (Å²) < 4.78 is 0. The van der Waals surface area contributed by atoms with Gasteiger partial charge in [0.2, 0.25) is 0 Å². The van der Waals surface area contributed by atoms with Gasteiger partial charge >= 0.3 is 0 Å². The van der Waals surface area contributed by atoms with E-state index >= 15 is 0 Å². The average Bonchev–Trinajstić information content (AvgIpc) is 2.51. The minimum atomic E-state index is 0.944. The Morgan fingerprint density at radius 3 is 3.25 bits per heavy atom. The van der Waals surface area contributed by atoms with Gasteiger partial charge in [-0.25, -0.2) is 4.98 Å². The highest BCUT2D eigenvalue weighted by molar-refractivity contribution is 5.78. The number of fused-ring (bicyclic) bond motifs is 1. The van der Waals surface area contributed by atoms with Crippen molar-refractivity contribution in [2.45, 2.75) is 6.92 Å². The molecule has 2 rings (SSSR count). The largest absolute Gasteiger partial charge is 0.385 e. The summed E-state index contributed by atoms with van der Waals surface area (Å²) in [5.41, 5.74) is 3.22. The summed E-state index contributed by atoms with van der Waals surface area (Å²) in [6.45, 7) is 3.02. The fraction of sp³-hybridized carbons (Fsp3) is 0.222. The molecule has 0 aliphatic heterocycles. The molecule has 2 aromatic rings. The highest BCUT2D eigenvalue weighted by atomic mass is 14.9. The molecular weight excluding hydrogens is 150 g/mol. The van der Waals surface area contributed by atoms with Crippen molar-refractivity contribution in [1.29, 1.82) is 0 Å². The lowest BCUT2D eigenvalue weighted by Crippen LogP contribution is -1.95. The van der Waals surface area contributed by atoms with Gasteiger partial charge in [0.1, 0.15) is 0 Å². The predicted molar refractivity (Wildman–Crippen MR) is 50.3 cm³/mol. The smallest absolute Gasteiger partial charge is 0.0931 e. The fourth-order valence-electron chi connectivity index (χ4n) is 1.25. The number of imidazole rings is 1. The summed E-state index contributed by atoms with van der Waals surface area (Å²) in [5.74, 6) is 0. The topological polar surface area (TPSA) is 40.7 Å². The minimum absolute atomic E-state index is 0.944. The molecule has 3 heteroatoms. The second kappa shape index (κ2) is 2.85. The summed E-state index contributed by atoms with van der Waals surface area (Å²) >= 11 is 0. The minimum Gasteiger partial charge on any atom is -0.385 e. The average molecular weight is 161 g/mol. The van der Waals surface area contributed by atoms with E-state index in [-0.39, 0.29) is 0 Å². The van der Waals surface area contributed by atoms with Crippen LogP contribution in [-0.4, -0.2) is 16.5 Å². The summed E-state index contributed by atoms with van der Waals surface area (Å²) in [6.07, 6.45) is 1.71. The molecule has 3 nitrogen and oxygen atoms in total. The normalized spacial score (nSPS) is 10.4.